The zero-order valence-electron chi connectivity index (χ0n) is 14.5. The molecule has 0 saturated carbocycles. The van der Waals surface area contributed by atoms with Crippen LogP contribution in [0.5, 0.6) is 0 Å². The van der Waals surface area contributed by atoms with Crippen LogP contribution in [0, 0.1) is 0 Å². The normalized spacial score (nSPS) is 14.0. The first-order valence-electron chi connectivity index (χ1n) is 8.36. The van der Waals surface area contributed by atoms with Crippen molar-refractivity contribution in [3.8, 4) is 0 Å². The van der Waals surface area contributed by atoms with Gasteiger partial charge in [0.25, 0.3) is 5.91 Å². The fourth-order valence-corrected chi connectivity index (χ4v) is 3.17. The van der Waals surface area contributed by atoms with Crippen molar-refractivity contribution in [3.05, 3.63) is 53.1 Å². The quantitative estimate of drug-likeness (QED) is 0.759. The lowest BCUT2D eigenvalue weighted by Gasteiger charge is -2.14. The molecular formula is C19H18ClN5O. The molecular weight excluding hydrogens is 350 g/mol. The summed E-state index contributed by atoms with van der Waals surface area (Å²) in [5.74, 6) is 0.276. The Balaban J connectivity index is 1.54. The van der Waals surface area contributed by atoms with Gasteiger partial charge in [-0.15, -0.1) is 0 Å². The number of hydrogen-bond donors (Lipinski definition) is 1. The molecule has 2 heterocycles. The molecule has 0 unspecified atom stereocenters. The van der Waals surface area contributed by atoms with E-state index in [2.05, 4.69) is 15.4 Å². The molecule has 0 aliphatic carbocycles. The van der Waals surface area contributed by atoms with Gasteiger partial charge in [0.05, 0.1) is 16.7 Å². The summed E-state index contributed by atoms with van der Waals surface area (Å²) in [7, 11) is 1.86. The Labute approximate surface area is 156 Å². The minimum Gasteiger partial charge on any atom is -0.313 e. The highest BCUT2D eigenvalue weighted by atomic mass is 35.5. The zero-order valence-corrected chi connectivity index (χ0v) is 15.3. The fourth-order valence-electron chi connectivity index (χ4n) is 3.00. The fraction of sp³-hybridized carbons (Fsp3) is 0.211. The van der Waals surface area contributed by atoms with Crippen molar-refractivity contribution >= 4 is 45.9 Å². The van der Waals surface area contributed by atoms with Crippen LogP contribution in [0.3, 0.4) is 0 Å². The molecule has 0 saturated heterocycles. The predicted molar refractivity (Wildman–Crippen MR) is 105 cm³/mol. The first-order valence-corrected chi connectivity index (χ1v) is 8.74. The first kappa shape index (κ1) is 16.6. The standard InChI is InChI=1S/C19H18ClN5O/c1-12-9-10-25(23-12)15-6-3-13(4-7-15)18(26)22-19-21-16-11-14(20)5-8-17(16)24(19)2/h3-8,11H,9-10H2,1-2H3,(H,21,22,26). The number of amides is 1. The molecule has 1 aliphatic heterocycles. The first-order chi connectivity index (χ1) is 12.5. The molecule has 1 N–H and O–H groups in total. The second kappa shape index (κ2) is 6.46. The van der Waals surface area contributed by atoms with Gasteiger partial charge in [0, 0.05) is 36.3 Å². The maximum Gasteiger partial charge on any atom is 0.257 e. The summed E-state index contributed by atoms with van der Waals surface area (Å²) < 4.78 is 1.83. The van der Waals surface area contributed by atoms with Gasteiger partial charge in [-0.1, -0.05) is 11.6 Å². The van der Waals surface area contributed by atoms with Crippen molar-refractivity contribution in [2.45, 2.75) is 13.3 Å². The van der Waals surface area contributed by atoms with Crippen molar-refractivity contribution in [3.63, 3.8) is 0 Å². The van der Waals surface area contributed by atoms with Gasteiger partial charge in [-0.05, 0) is 49.4 Å². The second-order valence-corrected chi connectivity index (χ2v) is 6.77. The minimum atomic E-state index is -0.206. The van der Waals surface area contributed by atoms with Crippen LogP contribution in [0.2, 0.25) is 5.02 Å². The molecule has 0 atom stereocenters. The molecule has 0 bridgehead atoms. The van der Waals surface area contributed by atoms with Gasteiger partial charge in [-0.2, -0.15) is 5.10 Å². The van der Waals surface area contributed by atoms with Gasteiger partial charge in [0.15, 0.2) is 0 Å². The van der Waals surface area contributed by atoms with Crippen molar-refractivity contribution in [1.82, 2.24) is 9.55 Å². The smallest absolute Gasteiger partial charge is 0.257 e. The van der Waals surface area contributed by atoms with E-state index in [1.165, 1.54) is 0 Å². The zero-order chi connectivity index (χ0) is 18.3. The third kappa shape index (κ3) is 3.04. The molecule has 1 aliphatic rings. The molecule has 26 heavy (non-hydrogen) atoms. The predicted octanol–water partition coefficient (Wildman–Crippen LogP) is 4.07. The molecule has 7 heteroatoms. The molecule has 6 nitrogen and oxygen atoms in total. The lowest BCUT2D eigenvalue weighted by molar-refractivity contribution is 0.102. The number of aromatic nitrogens is 2. The van der Waals surface area contributed by atoms with Crippen LogP contribution in [0.1, 0.15) is 23.7 Å². The third-order valence-electron chi connectivity index (χ3n) is 4.47. The topological polar surface area (TPSA) is 62.5 Å². The average Bonchev–Trinajstić information content (AvgIpc) is 3.19. The van der Waals surface area contributed by atoms with Gasteiger partial charge < -0.3 is 4.57 Å². The number of hydrazone groups is 1. The largest absolute Gasteiger partial charge is 0.313 e. The van der Waals surface area contributed by atoms with Gasteiger partial charge in [0.1, 0.15) is 0 Å². The van der Waals surface area contributed by atoms with E-state index in [9.17, 15) is 4.79 Å². The Bertz CT molecular complexity index is 1020. The highest BCUT2D eigenvalue weighted by Gasteiger charge is 2.15. The Morgan fingerprint density at radius 3 is 2.65 bits per heavy atom. The number of imidazole rings is 1. The van der Waals surface area contributed by atoms with E-state index in [0.717, 1.165) is 35.4 Å². The molecule has 2 aromatic carbocycles. The number of aryl methyl sites for hydroxylation is 1. The number of anilines is 2. The summed E-state index contributed by atoms with van der Waals surface area (Å²) in [5, 5.41) is 9.89. The van der Waals surface area contributed by atoms with Crippen molar-refractivity contribution in [1.29, 1.82) is 0 Å². The van der Waals surface area contributed by atoms with E-state index < -0.39 is 0 Å². The number of benzene rings is 2. The molecule has 1 aromatic heterocycles. The van der Waals surface area contributed by atoms with Gasteiger partial charge in [-0.25, -0.2) is 4.98 Å². The highest BCUT2D eigenvalue weighted by molar-refractivity contribution is 6.31. The molecule has 4 rings (SSSR count). The lowest BCUT2D eigenvalue weighted by Crippen LogP contribution is -2.16. The van der Waals surface area contributed by atoms with E-state index in [4.69, 9.17) is 11.6 Å². The summed E-state index contributed by atoms with van der Waals surface area (Å²) in [4.78, 5) is 17.0. The summed E-state index contributed by atoms with van der Waals surface area (Å²) in [6, 6.07) is 12.9. The van der Waals surface area contributed by atoms with Crippen LogP contribution in [0.25, 0.3) is 11.0 Å². The number of hydrogen-bond acceptors (Lipinski definition) is 4. The number of fused-ring (bicyclic) bond motifs is 1. The van der Waals surface area contributed by atoms with Gasteiger partial charge in [0.2, 0.25) is 5.95 Å². The maximum absolute atomic E-state index is 12.6. The van der Waals surface area contributed by atoms with Crippen molar-refractivity contribution in [2.24, 2.45) is 12.1 Å². The second-order valence-electron chi connectivity index (χ2n) is 6.34. The molecule has 0 spiro atoms. The van der Waals surface area contributed by atoms with Crippen molar-refractivity contribution < 1.29 is 4.79 Å². The monoisotopic (exact) mass is 367 g/mol. The minimum absolute atomic E-state index is 0.206. The number of halogens is 1. The number of carbonyl (C=O) groups excluding carboxylic acids is 1. The molecule has 1 amide bonds. The van der Waals surface area contributed by atoms with Gasteiger partial charge in [-0.3, -0.25) is 15.1 Å². The van der Waals surface area contributed by atoms with E-state index in [0.29, 0.717) is 16.5 Å². The summed E-state index contributed by atoms with van der Waals surface area (Å²) in [5.41, 5.74) is 4.32. The van der Waals surface area contributed by atoms with Crippen LogP contribution < -0.4 is 10.3 Å². The Morgan fingerprint density at radius 2 is 1.96 bits per heavy atom. The summed E-state index contributed by atoms with van der Waals surface area (Å²) >= 11 is 6.01. The third-order valence-corrected chi connectivity index (χ3v) is 4.71. The van der Waals surface area contributed by atoms with Crippen LogP contribution >= 0.6 is 11.6 Å². The van der Waals surface area contributed by atoms with Gasteiger partial charge >= 0.3 is 0 Å². The number of rotatable bonds is 3. The summed E-state index contributed by atoms with van der Waals surface area (Å²) in [6.07, 6.45) is 0.971. The van der Waals surface area contributed by atoms with E-state index in [1.54, 1.807) is 24.3 Å². The molecule has 3 aromatic rings. The molecule has 132 valence electrons. The van der Waals surface area contributed by atoms with E-state index >= 15 is 0 Å². The van der Waals surface area contributed by atoms with Crippen LogP contribution in [0.4, 0.5) is 11.6 Å². The molecule has 0 fully saturated rings. The van der Waals surface area contributed by atoms with E-state index in [1.807, 2.05) is 41.7 Å². The van der Waals surface area contributed by atoms with Crippen LogP contribution in [-0.2, 0) is 7.05 Å². The average molecular weight is 368 g/mol. The SMILES string of the molecule is CC1=NN(c2ccc(C(=O)Nc3nc4cc(Cl)ccc4n3C)cc2)CC1. The summed E-state index contributed by atoms with van der Waals surface area (Å²) in [6.45, 7) is 2.89. The van der Waals surface area contributed by atoms with Crippen molar-refractivity contribution in [2.75, 3.05) is 16.9 Å². The Morgan fingerprint density at radius 1 is 1.19 bits per heavy atom. The number of nitrogens with zero attached hydrogens (tertiary/aromatic N) is 4. The highest BCUT2D eigenvalue weighted by Crippen LogP contribution is 2.23. The number of carbonyl (C=O) groups is 1. The van der Waals surface area contributed by atoms with E-state index in [-0.39, 0.29) is 5.91 Å². The van der Waals surface area contributed by atoms with Crippen LogP contribution in [0.15, 0.2) is 47.6 Å². The Kier molecular flexibility index (Phi) is 4.12. The number of nitrogens with one attached hydrogen (secondary N) is 1. The Hall–Kier alpha value is -2.86. The molecule has 0 radical (unpaired) electrons. The maximum atomic E-state index is 12.6. The van der Waals surface area contributed by atoms with Crippen LogP contribution in [-0.4, -0.2) is 27.7 Å². The lowest BCUT2D eigenvalue weighted by atomic mass is 10.2.